The molecule has 2 aromatic rings. The quantitative estimate of drug-likeness (QED) is 0.273. The summed E-state index contributed by atoms with van der Waals surface area (Å²) < 4.78 is 5.52. The highest BCUT2D eigenvalue weighted by Gasteiger charge is 2.38. The normalized spacial score (nSPS) is 14.6. The zero-order valence-electron chi connectivity index (χ0n) is 25.4. The molecule has 0 saturated heterocycles. The predicted molar refractivity (Wildman–Crippen MR) is 163 cm³/mol. The van der Waals surface area contributed by atoms with E-state index < -0.39 is 0 Å². The van der Waals surface area contributed by atoms with Gasteiger partial charge in [0, 0.05) is 30.3 Å². The lowest BCUT2D eigenvalue weighted by atomic mass is 9.81. The summed E-state index contributed by atoms with van der Waals surface area (Å²) in [6, 6.07) is 15.6. The molecule has 218 valence electrons. The number of nitrogens with zero attached hydrogens (tertiary/aromatic N) is 2. The fourth-order valence-corrected chi connectivity index (χ4v) is 4.52. The fourth-order valence-electron chi connectivity index (χ4n) is 4.52. The van der Waals surface area contributed by atoms with E-state index in [2.05, 4.69) is 86.7 Å². The van der Waals surface area contributed by atoms with Crippen LogP contribution in [0.15, 0.2) is 48.7 Å². The van der Waals surface area contributed by atoms with Crippen LogP contribution in [-0.2, 0) is 0 Å². The Morgan fingerprint density at radius 1 is 1.18 bits per heavy atom. The van der Waals surface area contributed by atoms with Gasteiger partial charge in [-0.15, -0.1) is 0 Å². The number of rotatable bonds is 12. The number of unbranched alkanes of at least 4 members (excludes halogenated alkanes) is 1. The molecular formula is C33H48N4O3. The van der Waals surface area contributed by atoms with Gasteiger partial charge in [-0.3, -0.25) is 4.79 Å². The summed E-state index contributed by atoms with van der Waals surface area (Å²) in [5.41, 5.74) is 4.70. The lowest BCUT2D eigenvalue weighted by molar-refractivity contribution is 0.0886. The number of hydrogen-bond donors (Lipinski definition) is 3. The van der Waals surface area contributed by atoms with Crippen LogP contribution in [-0.4, -0.2) is 47.9 Å². The third kappa shape index (κ3) is 9.02. The van der Waals surface area contributed by atoms with Crippen LogP contribution in [0.25, 0.3) is 5.70 Å². The summed E-state index contributed by atoms with van der Waals surface area (Å²) in [4.78, 5) is 14.1. The molecule has 1 amide bonds. The lowest BCUT2D eigenvalue weighted by Gasteiger charge is -2.40. The van der Waals surface area contributed by atoms with Crippen LogP contribution in [0.2, 0.25) is 0 Å². The number of ether oxygens (including phenoxy) is 1. The van der Waals surface area contributed by atoms with Gasteiger partial charge in [0.05, 0.1) is 24.0 Å². The Morgan fingerprint density at radius 3 is 2.40 bits per heavy atom. The maximum atomic E-state index is 11.9. The second kappa shape index (κ2) is 15.9. The van der Waals surface area contributed by atoms with Gasteiger partial charge < -0.3 is 25.4 Å². The largest absolute Gasteiger partial charge is 0.490 e. The van der Waals surface area contributed by atoms with Gasteiger partial charge in [-0.2, -0.15) is 5.26 Å². The van der Waals surface area contributed by atoms with Crippen LogP contribution in [0.1, 0.15) is 94.3 Å². The van der Waals surface area contributed by atoms with E-state index in [-0.39, 0.29) is 30.2 Å². The van der Waals surface area contributed by atoms with E-state index in [0.717, 1.165) is 31.4 Å². The number of β-amino-alcohol motifs (C(OH)–C–C–N with tert-alkyl or cyclic N) is 1. The summed E-state index contributed by atoms with van der Waals surface area (Å²) in [5.74, 6) is 0.364. The predicted octanol–water partition coefficient (Wildman–Crippen LogP) is 6.22. The lowest BCUT2D eigenvalue weighted by Crippen LogP contribution is -2.49. The van der Waals surface area contributed by atoms with Crippen molar-refractivity contribution in [2.45, 2.75) is 86.4 Å². The highest BCUT2D eigenvalue weighted by atomic mass is 16.5. The number of aryl methyl sites for hydroxylation is 1. The monoisotopic (exact) mass is 548 g/mol. The first kappa shape index (κ1) is 32.7. The van der Waals surface area contributed by atoms with E-state index >= 15 is 0 Å². The van der Waals surface area contributed by atoms with E-state index in [4.69, 9.17) is 10.00 Å². The summed E-state index contributed by atoms with van der Waals surface area (Å²) in [7, 11) is 0. The third-order valence-electron chi connectivity index (χ3n) is 7.46. The number of aliphatic hydroxyl groups excluding tert-OH is 1. The Bertz CT molecular complexity index is 1150. The van der Waals surface area contributed by atoms with Gasteiger partial charge in [-0.05, 0) is 63.8 Å². The zero-order valence-corrected chi connectivity index (χ0v) is 25.4. The summed E-state index contributed by atoms with van der Waals surface area (Å²) in [6.07, 6.45) is 6.61. The van der Waals surface area contributed by atoms with E-state index in [1.54, 1.807) is 18.2 Å². The van der Waals surface area contributed by atoms with Crippen molar-refractivity contribution in [3.63, 3.8) is 0 Å². The number of aliphatic hydroxyl groups is 1. The van der Waals surface area contributed by atoms with Crippen molar-refractivity contribution in [2.75, 3.05) is 19.7 Å². The minimum Gasteiger partial charge on any atom is -0.490 e. The van der Waals surface area contributed by atoms with Gasteiger partial charge in [0.25, 0.3) is 5.91 Å². The topological polar surface area (TPSA) is 97.6 Å². The van der Waals surface area contributed by atoms with Gasteiger partial charge in [-0.25, -0.2) is 0 Å². The number of benzene rings is 2. The average molecular weight is 549 g/mol. The van der Waals surface area contributed by atoms with Crippen molar-refractivity contribution in [1.29, 1.82) is 5.26 Å². The number of amides is 1. The molecule has 0 bridgehead atoms. The molecule has 0 fully saturated rings. The maximum Gasteiger partial charge on any atom is 0.251 e. The van der Waals surface area contributed by atoms with Gasteiger partial charge >= 0.3 is 0 Å². The molecule has 0 spiro atoms. The van der Waals surface area contributed by atoms with Crippen molar-refractivity contribution < 1.29 is 14.6 Å². The third-order valence-corrected chi connectivity index (χ3v) is 7.46. The molecule has 1 aliphatic heterocycles. The molecule has 2 aromatic carbocycles. The highest BCUT2D eigenvalue weighted by Crippen LogP contribution is 2.36. The fraction of sp³-hybridized carbons (Fsp3) is 0.515. The number of carbonyl (C=O) groups is 1. The van der Waals surface area contributed by atoms with E-state index in [1.807, 2.05) is 13.8 Å². The minimum absolute atomic E-state index is 0.00340. The standard InChI is InChI=1S/C18H28N2O.C15H20N2O2/c1-5-18(4,6-2)17-19-16(13-20(17)11-12-21)15-9-7-14(3)8-10-15;1-4-5-8-17-15(18)12-6-7-14(19-11(2)3)13(9-12)10-16/h7-10,13,17,19,21H,5-6,11-12H2,1-4H3;6-7,9,11H,4-5,8H2,1-3H3,(H,17,18). The number of hydrogen-bond acceptors (Lipinski definition) is 6. The number of nitriles is 1. The highest BCUT2D eigenvalue weighted by molar-refractivity contribution is 5.94. The van der Waals surface area contributed by atoms with E-state index in [1.165, 1.54) is 11.1 Å². The number of carbonyl (C=O) groups excluding carboxylic acids is 1. The summed E-state index contributed by atoms with van der Waals surface area (Å²) in [6.45, 7) is 16.3. The zero-order chi connectivity index (χ0) is 29.7. The van der Waals surface area contributed by atoms with Crippen molar-refractivity contribution in [3.05, 3.63) is 70.9 Å². The van der Waals surface area contributed by atoms with Gasteiger partial charge in [0.15, 0.2) is 0 Å². The minimum atomic E-state index is -0.152. The molecule has 3 N–H and O–H groups in total. The molecule has 1 unspecified atom stereocenters. The van der Waals surface area contributed by atoms with Crippen LogP contribution in [0.4, 0.5) is 0 Å². The van der Waals surface area contributed by atoms with Crippen molar-refractivity contribution in [1.82, 2.24) is 15.5 Å². The summed E-state index contributed by atoms with van der Waals surface area (Å²) in [5, 5.41) is 24.9. The molecule has 0 aromatic heterocycles. The second-order valence-electron chi connectivity index (χ2n) is 10.9. The smallest absolute Gasteiger partial charge is 0.251 e. The van der Waals surface area contributed by atoms with Crippen LogP contribution < -0.4 is 15.4 Å². The SMILES string of the molecule is CCC(C)(CC)C1NC(c2ccc(C)cc2)=CN1CCO.CCCCNC(=O)c1ccc(OC(C)C)c(C#N)c1. The van der Waals surface area contributed by atoms with E-state index in [0.29, 0.717) is 30.0 Å². The van der Waals surface area contributed by atoms with Crippen molar-refractivity contribution >= 4 is 11.6 Å². The maximum absolute atomic E-state index is 11.9. The van der Waals surface area contributed by atoms with Crippen LogP contribution in [0.3, 0.4) is 0 Å². The van der Waals surface area contributed by atoms with Gasteiger partial charge in [0.1, 0.15) is 18.0 Å². The second-order valence-corrected chi connectivity index (χ2v) is 10.9. The van der Waals surface area contributed by atoms with E-state index in [9.17, 15) is 9.90 Å². The van der Waals surface area contributed by atoms with Crippen molar-refractivity contribution in [3.8, 4) is 11.8 Å². The summed E-state index contributed by atoms with van der Waals surface area (Å²) >= 11 is 0. The Morgan fingerprint density at radius 2 is 1.85 bits per heavy atom. The average Bonchev–Trinajstić information content (AvgIpc) is 3.38. The first-order chi connectivity index (χ1) is 19.1. The Hall–Kier alpha value is -3.50. The molecular weight excluding hydrogens is 500 g/mol. The van der Waals surface area contributed by atoms with Crippen LogP contribution in [0.5, 0.6) is 5.75 Å². The first-order valence-electron chi connectivity index (χ1n) is 14.5. The van der Waals surface area contributed by atoms with Crippen LogP contribution >= 0.6 is 0 Å². The van der Waals surface area contributed by atoms with Crippen LogP contribution in [0, 0.1) is 23.7 Å². The Labute approximate surface area is 241 Å². The molecule has 0 radical (unpaired) electrons. The molecule has 1 heterocycles. The molecule has 7 heteroatoms. The Kier molecular flexibility index (Phi) is 13.0. The Balaban J connectivity index is 0.000000282. The first-order valence-corrected chi connectivity index (χ1v) is 14.5. The molecule has 7 nitrogen and oxygen atoms in total. The van der Waals surface area contributed by atoms with Gasteiger partial charge in [-0.1, -0.05) is 63.9 Å². The molecule has 1 atom stereocenters. The number of nitrogens with one attached hydrogen (secondary N) is 2. The molecule has 3 rings (SSSR count). The molecule has 0 saturated carbocycles. The molecule has 0 aliphatic carbocycles. The van der Waals surface area contributed by atoms with Gasteiger partial charge in [0.2, 0.25) is 0 Å². The molecule has 40 heavy (non-hydrogen) atoms. The van der Waals surface area contributed by atoms with Crippen molar-refractivity contribution in [2.24, 2.45) is 5.41 Å². The molecule has 1 aliphatic rings.